The van der Waals surface area contributed by atoms with E-state index in [9.17, 15) is 0 Å². The standard InChI is InChI=1S/C17H22BrNO/c1-3-4-13(2)19-9-10-20-17-8-6-14-11-16(18)7-5-15(14)12-17/h5-8,11-13,19H,3-4,9-10H2,1-2H3. The van der Waals surface area contributed by atoms with E-state index in [4.69, 9.17) is 4.74 Å². The van der Waals surface area contributed by atoms with Gasteiger partial charge in [0.2, 0.25) is 0 Å². The Kier molecular flexibility index (Phi) is 5.86. The summed E-state index contributed by atoms with van der Waals surface area (Å²) in [5, 5.41) is 5.90. The number of ether oxygens (including phenoxy) is 1. The number of halogens is 1. The lowest BCUT2D eigenvalue weighted by molar-refractivity contribution is 0.305. The van der Waals surface area contributed by atoms with Crippen LogP contribution in [0.4, 0.5) is 0 Å². The molecule has 1 atom stereocenters. The van der Waals surface area contributed by atoms with Crippen LogP contribution in [-0.2, 0) is 0 Å². The molecule has 2 rings (SSSR count). The van der Waals surface area contributed by atoms with Gasteiger partial charge in [-0.15, -0.1) is 0 Å². The fourth-order valence-electron chi connectivity index (χ4n) is 2.29. The predicted molar refractivity (Wildman–Crippen MR) is 89.5 cm³/mol. The second-order valence-corrected chi connectivity index (χ2v) is 6.06. The average molecular weight is 336 g/mol. The van der Waals surface area contributed by atoms with Gasteiger partial charge in [0.15, 0.2) is 0 Å². The molecule has 0 aromatic heterocycles. The summed E-state index contributed by atoms with van der Waals surface area (Å²) in [6.07, 6.45) is 2.43. The van der Waals surface area contributed by atoms with Crippen molar-refractivity contribution < 1.29 is 4.74 Å². The zero-order valence-electron chi connectivity index (χ0n) is 12.2. The third-order valence-electron chi connectivity index (χ3n) is 3.36. The lowest BCUT2D eigenvalue weighted by Crippen LogP contribution is -2.29. The second kappa shape index (κ2) is 7.65. The van der Waals surface area contributed by atoms with E-state index in [1.54, 1.807) is 0 Å². The molecular weight excluding hydrogens is 314 g/mol. The Morgan fingerprint density at radius 1 is 1.15 bits per heavy atom. The van der Waals surface area contributed by atoms with Crippen molar-refractivity contribution in [3.05, 3.63) is 40.9 Å². The zero-order valence-corrected chi connectivity index (χ0v) is 13.7. The Morgan fingerprint density at radius 3 is 2.70 bits per heavy atom. The Balaban J connectivity index is 1.86. The van der Waals surface area contributed by atoms with Crippen molar-refractivity contribution >= 4 is 26.7 Å². The highest BCUT2D eigenvalue weighted by molar-refractivity contribution is 9.10. The zero-order chi connectivity index (χ0) is 14.4. The minimum atomic E-state index is 0.567. The van der Waals surface area contributed by atoms with Gasteiger partial charge < -0.3 is 10.1 Å². The van der Waals surface area contributed by atoms with E-state index < -0.39 is 0 Å². The minimum absolute atomic E-state index is 0.567. The van der Waals surface area contributed by atoms with Crippen molar-refractivity contribution in [2.45, 2.75) is 32.7 Å². The lowest BCUT2D eigenvalue weighted by Gasteiger charge is -2.13. The molecule has 0 spiro atoms. The Morgan fingerprint density at radius 2 is 1.90 bits per heavy atom. The quantitative estimate of drug-likeness (QED) is 0.736. The van der Waals surface area contributed by atoms with E-state index >= 15 is 0 Å². The molecule has 1 unspecified atom stereocenters. The van der Waals surface area contributed by atoms with Crippen LogP contribution in [-0.4, -0.2) is 19.2 Å². The summed E-state index contributed by atoms with van der Waals surface area (Å²) in [5.74, 6) is 0.935. The van der Waals surface area contributed by atoms with E-state index in [1.165, 1.54) is 23.6 Å². The molecule has 0 aliphatic rings. The molecule has 0 saturated carbocycles. The lowest BCUT2D eigenvalue weighted by atomic mass is 10.1. The van der Waals surface area contributed by atoms with Crippen LogP contribution in [0.2, 0.25) is 0 Å². The molecule has 0 aliphatic carbocycles. The first-order valence-corrected chi connectivity index (χ1v) is 8.04. The molecule has 0 heterocycles. The van der Waals surface area contributed by atoms with Gasteiger partial charge in [-0.25, -0.2) is 0 Å². The molecule has 0 radical (unpaired) electrons. The van der Waals surface area contributed by atoms with Crippen molar-refractivity contribution in [1.82, 2.24) is 5.32 Å². The molecule has 20 heavy (non-hydrogen) atoms. The molecule has 2 aromatic rings. The van der Waals surface area contributed by atoms with E-state index in [-0.39, 0.29) is 0 Å². The molecule has 2 nitrogen and oxygen atoms in total. The van der Waals surface area contributed by atoms with E-state index in [0.29, 0.717) is 12.6 Å². The fourth-order valence-corrected chi connectivity index (χ4v) is 2.67. The van der Waals surface area contributed by atoms with Crippen molar-refractivity contribution in [2.24, 2.45) is 0 Å². The van der Waals surface area contributed by atoms with Crippen LogP contribution >= 0.6 is 15.9 Å². The Hall–Kier alpha value is -1.06. The number of benzene rings is 2. The van der Waals surface area contributed by atoms with Crippen LogP contribution in [0.25, 0.3) is 10.8 Å². The second-order valence-electron chi connectivity index (χ2n) is 5.15. The first kappa shape index (κ1) is 15.3. The summed E-state index contributed by atoms with van der Waals surface area (Å²) >= 11 is 3.49. The fraction of sp³-hybridized carbons (Fsp3) is 0.412. The maximum Gasteiger partial charge on any atom is 0.120 e. The monoisotopic (exact) mass is 335 g/mol. The SMILES string of the molecule is CCCC(C)NCCOc1ccc2cc(Br)ccc2c1. The van der Waals surface area contributed by atoms with E-state index in [0.717, 1.165) is 16.8 Å². The number of hydrogen-bond donors (Lipinski definition) is 1. The van der Waals surface area contributed by atoms with Gasteiger partial charge in [0, 0.05) is 17.1 Å². The van der Waals surface area contributed by atoms with Crippen molar-refractivity contribution in [3.63, 3.8) is 0 Å². The number of hydrogen-bond acceptors (Lipinski definition) is 2. The van der Waals surface area contributed by atoms with E-state index in [1.807, 2.05) is 6.07 Å². The third-order valence-corrected chi connectivity index (χ3v) is 3.85. The highest BCUT2D eigenvalue weighted by Gasteiger charge is 2.00. The van der Waals surface area contributed by atoms with Crippen LogP contribution in [0.1, 0.15) is 26.7 Å². The maximum absolute atomic E-state index is 5.80. The number of rotatable bonds is 7. The van der Waals surface area contributed by atoms with Gasteiger partial charge in [-0.3, -0.25) is 0 Å². The molecular formula is C17H22BrNO. The van der Waals surface area contributed by atoms with Gasteiger partial charge in [0.05, 0.1) is 0 Å². The topological polar surface area (TPSA) is 21.3 Å². The first-order valence-electron chi connectivity index (χ1n) is 7.24. The molecule has 108 valence electrons. The van der Waals surface area contributed by atoms with Crippen molar-refractivity contribution in [1.29, 1.82) is 0 Å². The van der Waals surface area contributed by atoms with Gasteiger partial charge in [0.25, 0.3) is 0 Å². The third kappa shape index (κ3) is 4.50. The van der Waals surface area contributed by atoms with Gasteiger partial charge in [-0.05, 0) is 48.4 Å². The van der Waals surface area contributed by atoms with Gasteiger partial charge in [-0.1, -0.05) is 41.4 Å². The van der Waals surface area contributed by atoms with Crippen LogP contribution < -0.4 is 10.1 Å². The molecule has 0 bridgehead atoms. The number of nitrogens with one attached hydrogen (secondary N) is 1. The van der Waals surface area contributed by atoms with Crippen LogP contribution in [0.15, 0.2) is 40.9 Å². The smallest absolute Gasteiger partial charge is 0.120 e. The van der Waals surface area contributed by atoms with E-state index in [2.05, 4.69) is 65.4 Å². The molecule has 0 fully saturated rings. The van der Waals surface area contributed by atoms with Crippen LogP contribution in [0.5, 0.6) is 5.75 Å². The largest absolute Gasteiger partial charge is 0.492 e. The van der Waals surface area contributed by atoms with Crippen molar-refractivity contribution in [3.8, 4) is 5.75 Å². The molecule has 0 amide bonds. The van der Waals surface area contributed by atoms with Gasteiger partial charge in [-0.2, -0.15) is 0 Å². The van der Waals surface area contributed by atoms with Gasteiger partial charge in [0.1, 0.15) is 12.4 Å². The summed E-state index contributed by atoms with van der Waals surface area (Å²) in [5.41, 5.74) is 0. The summed E-state index contributed by atoms with van der Waals surface area (Å²) in [6, 6.07) is 13.1. The minimum Gasteiger partial charge on any atom is -0.492 e. The summed E-state index contributed by atoms with van der Waals surface area (Å²) < 4.78 is 6.90. The summed E-state index contributed by atoms with van der Waals surface area (Å²) in [6.45, 7) is 6.02. The van der Waals surface area contributed by atoms with Crippen LogP contribution in [0, 0.1) is 0 Å². The van der Waals surface area contributed by atoms with Crippen LogP contribution in [0.3, 0.4) is 0 Å². The highest BCUT2D eigenvalue weighted by atomic mass is 79.9. The summed E-state index contributed by atoms with van der Waals surface area (Å²) in [7, 11) is 0. The van der Waals surface area contributed by atoms with Crippen molar-refractivity contribution in [2.75, 3.05) is 13.2 Å². The maximum atomic E-state index is 5.80. The molecule has 1 N–H and O–H groups in total. The molecule has 0 saturated heterocycles. The molecule has 3 heteroatoms. The Bertz CT molecular complexity index is 556. The highest BCUT2D eigenvalue weighted by Crippen LogP contribution is 2.23. The average Bonchev–Trinajstić information content (AvgIpc) is 2.44. The normalized spacial score (nSPS) is 12.6. The molecule has 0 aliphatic heterocycles. The molecule has 2 aromatic carbocycles. The summed E-state index contributed by atoms with van der Waals surface area (Å²) in [4.78, 5) is 0. The van der Waals surface area contributed by atoms with Gasteiger partial charge >= 0.3 is 0 Å². The predicted octanol–water partition coefficient (Wildman–Crippen LogP) is 4.76. The number of fused-ring (bicyclic) bond motifs is 1. The first-order chi connectivity index (χ1) is 9.69. The Labute approximate surface area is 129 Å².